The molecule has 4 aliphatic carbocycles. The number of carbonyl (C=O) groups is 2. The van der Waals surface area contributed by atoms with E-state index in [1.165, 1.54) is 12.8 Å². The Kier molecular flexibility index (Phi) is 10.8. The lowest BCUT2D eigenvalue weighted by Crippen LogP contribution is -2.58. The number of aliphatic hydroxyl groups is 3. The number of ether oxygens (including phenoxy) is 3. The van der Waals surface area contributed by atoms with E-state index in [9.17, 15) is 29.7 Å². The van der Waals surface area contributed by atoms with Gasteiger partial charge in [-0.3, -0.25) is 9.59 Å². The molecule has 9 unspecified atom stereocenters. The maximum Gasteiger partial charge on any atom is 0.343 e. The predicted molar refractivity (Wildman–Crippen MR) is 226 cm³/mol. The molecule has 4 heterocycles. The zero-order valence-electron chi connectivity index (χ0n) is 36.1. The molecule has 6 aliphatic rings. The fraction of sp³-hybridized carbons (Fsp3) is 0.673. The van der Waals surface area contributed by atoms with Crippen molar-refractivity contribution in [1.29, 1.82) is 0 Å². The summed E-state index contributed by atoms with van der Waals surface area (Å²) in [6.07, 6.45) is 10.4. The first kappa shape index (κ1) is 41.5. The van der Waals surface area contributed by atoms with E-state index in [1.54, 1.807) is 17.6 Å². The number of aryl methyl sites for hydroxylation is 1. The zero-order chi connectivity index (χ0) is 42.3. The van der Waals surface area contributed by atoms with E-state index in [-0.39, 0.29) is 54.2 Å². The van der Waals surface area contributed by atoms with Crippen LogP contribution in [-0.4, -0.2) is 62.2 Å². The van der Waals surface area contributed by atoms with Gasteiger partial charge < -0.3 is 34.1 Å². The Morgan fingerprint density at radius 2 is 1.83 bits per heavy atom. The third kappa shape index (κ3) is 6.45. The first-order chi connectivity index (χ1) is 28.7. The first-order valence-corrected chi connectivity index (χ1v) is 23.0. The Hall–Kier alpha value is -3.80. The molecule has 1 aromatic carbocycles. The lowest BCUT2D eigenvalue weighted by atomic mass is 9.43. The molecular formula is C49H64N2O9. The van der Waals surface area contributed by atoms with Crippen LogP contribution < -0.4 is 10.3 Å². The number of esters is 2. The molecule has 324 valence electrons. The fourth-order valence-electron chi connectivity index (χ4n) is 13.8. The highest BCUT2D eigenvalue weighted by Gasteiger charge is 2.63. The van der Waals surface area contributed by atoms with Crippen molar-refractivity contribution >= 4 is 22.8 Å². The van der Waals surface area contributed by atoms with Gasteiger partial charge in [0.1, 0.15) is 12.4 Å². The van der Waals surface area contributed by atoms with Crippen molar-refractivity contribution in [2.45, 2.75) is 149 Å². The summed E-state index contributed by atoms with van der Waals surface area (Å²) in [6, 6.07) is 7.51. The number of fused-ring (bicyclic) bond motifs is 10. The highest BCUT2D eigenvalue weighted by molar-refractivity contribution is 5.90. The van der Waals surface area contributed by atoms with Gasteiger partial charge >= 0.3 is 11.9 Å². The molecule has 11 heteroatoms. The monoisotopic (exact) mass is 824 g/mol. The van der Waals surface area contributed by atoms with Crippen molar-refractivity contribution < 1.29 is 39.1 Å². The van der Waals surface area contributed by atoms with Crippen molar-refractivity contribution in [3.8, 4) is 17.1 Å². The second kappa shape index (κ2) is 15.5. The van der Waals surface area contributed by atoms with Crippen molar-refractivity contribution in [2.24, 2.45) is 46.3 Å². The van der Waals surface area contributed by atoms with E-state index in [0.29, 0.717) is 96.2 Å². The van der Waals surface area contributed by atoms with Gasteiger partial charge in [-0.1, -0.05) is 34.6 Å². The zero-order valence-corrected chi connectivity index (χ0v) is 36.1. The van der Waals surface area contributed by atoms with Crippen LogP contribution >= 0.6 is 0 Å². The second-order valence-corrected chi connectivity index (χ2v) is 19.9. The quantitative estimate of drug-likeness (QED) is 0.103. The van der Waals surface area contributed by atoms with Crippen molar-refractivity contribution in [3.05, 3.63) is 56.9 Å². The average molecular weight is 825 g/mol. The Labute approximate surface area is 353 Å². The number of hydrogen-bond donors (Lipinski definition) is 3. The van der Waals surface area contributed by atoms with Gasteiger partial charge in [-0.2, -0.15) is 0 Å². The van der Waals surface area contributed by atoms with Gasteiger partial charge in [-0.25, -0.2) is 9.78 Å². The molecule has 4 fully saturated rings. The number of pyridine rings is 2. The lowest BCUT2D eigenvalue weighted by molar-refractivity contribution is -0.175. The molecule has 4 saturated carbocycles. The predicted octanol–water partition coefficient (Wildman–Crippen LogP) is 7.36. The van der Waals surface area contributed by atoms with Crippen LogP contribution in [0.15, 0.2) is 29.1 Å². The summed E-state index contributed by atoms with van der Waals surface area (Å²) >= 11 is 0. The third-order valence-corrected chi connectivity index (χ3v) is 17.3. The fourth-order valence-corrected chi connectivity index (χ4v) is 13.8. The van der Waals surface area contributed by atoms with E-state index in [1.807, 2.05) is 18.2 Å². The average Bonchev–Trinajstić information content (AvgIpc) is 3.79. The van der Waals surface area contributed by atoms with Gasteiger partial charge in [-0.15, -0.1) is 0 Å². The van der Waals surface area contributed by atoms with Crippen LogP contribution in [0, 0.1) is 46.3 Å². The van der Waals surface area contributed by atoms with Crippen molar-refractivity contribution in [1.82, 2.24) is 9.55 Å². The first-order valence-electron chi connectivity index (χ1n) is 23.0. The molecule has 2 aromatic heterocycles. The molecule has 0 amide bonds. The number of carbonyl (C=O) groups excluding carboxylic acids is 2. The summed E-state index contributed by atoms with van der Waals surface area (Å²) in [5, 5.41) is 34.5. The van der Waals surface area contributed by atoms with E-state index in [2.05, 4.69) is 27.7 Å². The largest absolute Gasteiger partial charge is 0.493 e. The molecule has 9 rings (SSSR count). The number of rotatable bonds is 11. The van der Waals surface area contributed by atoms with Crippen molar-refractivity contribution in [3.63, 3.8) is 0 Å². The number of hydrogen-bond acceptors (Lipinski definition) is 10. The maximum absolute atomic E-state index is 13.7. The van der Waals surface area contributed by atoms with Gasteiger partial charge in [0, 0.05) is 29.4 Å². The topological polar surface area (TPSA) is 157 Å². The lowest BCUT2D eigenvalue weighted by Gasteiger charge is -2.62. The number of aromatic nitrogens is 2. The molecule has 3 aromatic rings. The Balaban J connectivity index is 0.782. The molecular weight excluding hydrogens is 761 g/mol. The molecule has 2 aliphatic heterocycles. The smallest absolute Gasteiger partial charge is 0.343 e. The Bertz CT molecular complexity index is 2250. The van der Waals surface area contributed by atoms with Crippen LogP contribution in [0.3, 0.4) is 0 Å². The van der Waals surface area contributed by atoms with Crippen LogP contribution in [-0.2, 0) is 44.2 Å². The van der Waals surface area contributed by atoms with Gasteiger partial charge in [0.05, 0.1) is 54.4 Å². The summed E-state index contributed by atoms with van der Waals surface area (Å²) in [4.78, 5) is 44.2. The summed E-state index contributed by atoms with van der Waals surface area (Å²) in [5.41, 5.74) is 2.60. The molecule has 0 spiro atoms. The van der Waals surface area contributed by atoms with E-state index >= 15 is 0 Å². The molecule has 0 saturated heterocycles. The Morgan fingerprint density at radius 1 is 1.02 bits per heavy atom. The van der Waals surface area contributed by atoms with Gasteiger partial charge in [0.15, 0.2) is 5.60 Å². The van der Waals surface area contributed by atoms with E-state index in [0.717, 1.165) is 67.0 Å². The number of nitrogens with zero attached hydrogens (tertiary/aromatic N) is 2. The minimum atomic E-state index is -1.87. The standard InChI is InChI=1S/C49H64N2O9/c1-6-31-33-22-30(11-15-40(33)50-44-34(31)25-51-41(44)23-39-35(45(51)55)26-60-46(56)49(39,57)7-2)58-19-8-20-59-43(54)16-9-27(3)36-13-14-37-32-12-10-28-21-29(52)17-18-47(28,4)38(32)24-42(53)48(36,37)5/h11,15,22-23,27-29,32,36-38,42,52-53,57H,6-10,12-14,16-21,24-26H2,1-5H3/t27-,28?,29?,32?,36?,37?,38?,42?,47?,48?,49+/m1/s1. The van der Waals surface area contributed by atoms with Crippen LogP contribution in [0.2, 0.25) is 0 Å². The minimum absolute atomic E-state index is 0.0901. The minimum Gasteiger partial charge on any atom is -0.493 e. The maximum atomic E-state index is 13.7. The van der Waals surface area contributed by atoms with Crippen molar-refractivity contribution in [2.75, 3.05) is 13.2 Å². The third-order valence-electron chi connectivity index (χ3n) is 17.3. The highest BCUT2D eigenvalue weighted by atomic mass is 16.6. The van der Waals surface area contributed by atoms with Crippen LogP contribution in [0.5, 0.6) is 5.75 Å². The van der Waals surface area contributed by atoms with Crippen LogP contribution in [0.25, 0.3) is 22.3 Å². The summed E-state index contributed by atoms with van der Waals surface area (Å²) < 4.78 is 18.7. The second-order valence-electron chi connectivity index (χ2n) is 19.9. The molecule has 11 atom stereocenters. The SMILES string of the molecule is CCc1c2c(nc3ccc(OCCCOC(=O)CC[C@@H](C)C4CCC5C6CCC7CC(O)CCC7(C)C6CC(O)C54C)cc13)-c1cc3c(c(=O)n1C2)COC(=O)[C@]3(O)CC. The highest BCUT2D eigenvalue weighted by Crippen LogP contribution is 2.68. The van der Waals surface area contributed by atoms with Crippen LogP contribution in [0.4, 0.5) is 0 Å². The molecule has 0 bridgehead atoms. The number of cyclic esters (lactones) is 1. The van der Waals surface area contributed by atoms with Gasteiger partial charge in [-0.05, 0) is 147 Å². The molecule has 60 heavy (non-hydrogen) atoms. The van der Waals surface area contributed by atoms with Gasteiger partial charge in [0.2, 0.25) is 0 Å². The number of benzene rings is 1. The molecule has 0 radical (unpaired) electrons. The van der Waals surface area contributed by atoms with Crippen LogP contribution in [0.1, 0.15) is 134 Å². The molecule has 3 N–H and O–H groups in total. The van der Waals surface area contributed by atoms with E-state index in [4.69, 9.17) is 19.2 Å². The molecule has 11 nitrogen and oxygen atoms in total. The summed E-state index contributed by atoms with van der Waals surface area (Å²) in [6.45, 7) is 11.7. The Morgan fingerprint density at radius 3 is 2.62 bits per heavy atom. The van der Waals surface area contributed by atoms with Gasteiger partial charge in [0.25, 0.3) is 5.56 Å². The van der Waals surface area contributed by atoms with E-state index < -0.39 is 11.6 Å². The summed E-state index contributed by atoms with van der Waals surface area (Å²) in [7, 11) is 0. The summed E-state index contributed by atoms with van der Waals surface area (Å²) in [5.74, 6) is 2.73. The normalized spacial score (nSPS) is 34.4. The number of aliphatic hydroxyl groups excluding tert-OH is 2.